The van der Waals surface area contributed by atoms with Crippen LogP contribution in [-0.4, -0.2) is 16.8 Å². The molecule has 0 fully saturated rings. The van der Waals surface area contributed by atoms with Gasteiger partial charge in [0.05, 0.1) is 10.6 Å². The van der Waals surface area contributed by atoms with Crippen LogP contribution in [0.25, 0.3) is 0 Å². The largest absolute Gasteiger partial charge is 0.348 e. The van der Waals surface area contributed by atoms with Crippen molar-refractivity contribution in [2.45, 2.75) is 20.4 Å². The van der Waals surface area contributed by atoms with Crippen LogP contribution in [-0.2, 0) is 11.3 Å². The van der Waals surface area contributed by atoms with Crippen LogP contribution in [0.15, 0.2) is 36.5 Å². The molecular weight excluding hydrogens is 349 g/mol. The molecule has 0 radical (unpaired) electrons. The number of amides is 2. The van der Waals surface area contributed by atoms with Crippen molar-refractivity contribution < 1.29 is 9.59 Å². The predicted molar refractivity (Wildman–Crippen MR) is 95.3 cm³/mol. The summed E-state index contributed by atoms with van der Waals surface area (Å²) in [4.78, 5) is 27.7. The molecule has 126 valence electrons. The van der Waals surface area contributed by atoms with E-state index in [1.165, 1.54) is 12.3 Å². The zero-order valence-electron chi connectivity index (χ0n) is 13.3. The summed E-state index contributed by atoms with van der Waals surface area (Å²) in [5.41, 5.74) is 1.88. The first-order valence-electron chi connectivity index (χ1n) is 7.36. The van der Waals surface area contributed by atoms with Crippen LogP contribution in [0.5, 0.6) is 0 Å². The van der Waals surface area contributed by atoms with Gasteiger partial charge in [-0.15, -0.1) is 0 Å². The van der Waals surface area contributed by atoms with Gasteiger partial charge in [-0.1, -0.05) is 49.2 Å². The molecule has 5 nitrogen and oxygen atoms in total. The molecule has 24 heavy (non-hydrogen) atoms. The third-order valence-corrected chi connectivity index (χ3v) is 3.92. The number of nitrogens with one attached hydrogen (secondary N) is 2. The van der Waals surface area contributed by atoms with Gasteiger partial charge < -0.3 is 10.6 Å². The van der Waals surface area contributed by atoms with Gasteiger partial charge >= 0.3 is 0 Å². The van der Waals surface area contributed by atoms with Crippen LogP contribution in [0, 0.1) is 5.92 Å². The van der Waals surface area contributed by atoms with Crippen molar-refractivity contribution in [1.29, 1.82) is 0 Å². The number of rotatable bonds is 5. The lowest BCUT2D eigenvalue weighted by Crippen LogP contribution is -2.23. The summed E-state index contributed by atoms with van der Waals surface area (Å²) < 4.78 is 0. The maximum atomic E-state index is 12.1. The summed E-state index contributed by atoms with van der Waals surface area (Å²) in [6, 6.07) is 8.75. The van der Waals surface area contributed by atoms with Crippen molar-refractivity contribution in [3.8, 4) is 0 Å². The number of hydrogen-bond donors (Lipinski definition) is 2. The number of anilines is 1. The Bertz CT molecular complexity index is 763. The third kappa shape index (κ3) is 4.94. The molecule has 2 amide bonds. The second-order valence-electron chi connectivity index (χ2n) is 5.52. The SMILES string of the molecule is CC(C)C(=O)Nc1cccc(CNC(=O)c2cnc(Cl)c(Cl)c2)c1. The number of pyridine rings is 1. The molecule has 0 aliphatic heterocycles. The molecule has 0 unspecified atom stereocenters. The first-order valence-corrected chi connectivity index (χ1v) is 8.11. The van der Waals surface area contributed by atoms with Gasteiger partial charge in [0, 0.05) is 24.3 Å². The highest BCUT2D eigenvalue weighted by atomic mass is 35.5. The van der Waals surface area contributed by atoms with Crippen molar-refractivity contribution in [3.63, 3.8) is 0 Å². The van der Waals surface area contributed by atoms with E-state index in [0.29, 0.717) is 17.8 Å². The maximum Gasteiger partial charge on any atom is 0.253 e. The van der Waals surface area contributed by atoms with E-state index in [1.807, 2.05) is 32.0 Å². The van der Waals surface area contributed by atoms with Crippen molar-refractivity contribution >= 4 is 40.7 Å². The molecule has 1 heterocycles. The fraction of sp³-hybridized carbons (Fsp3) is 0.235. The Morgan fingerprint density at radius 2 is 1.96 bits per heavy atom. The van der Waals surface area contributed by atoms with E-state index in [4.69, 9.17) is 23.2 Å². The molecular formula is C17H17Cl2N3O2. The number of hydrogen-bond acceptors (Lipinski definition) is 3. The lowest BCUT2D eigenvalue weighted by atomic mass is 10.1. The third-order valence-electron chi connectivity index (χ3n) is 3.23. The van der Waals surface area contributed by atoms with Crippen molar-refractivity contribution in [2.75, 3.05) is 5.32 Å². The van der Waals surface area contributed by atoms with E-state index in [9.17, 15) is 9.59 Å². The Kier molecular flexibility index (Phi) is 6.17. The number of nitrogens with zero attached hydrogens (tertiary/aromatic N) is 1. The molecule has 0 aliphatic carbocycles. The molecule has 7 heteroatoms. The lowest BCUT2D eigenvalue weighted by Gasteiger charge is -2.10. The van der Waals surface area contributed by atoms with Crippen LogP contribution in [0.1, 0.15) is 29.8 Å². The summed E-state index contributed by atoms with van der Waals surface area (Å²) >= 11 is 11.6. The Balaban J connectivity index is 2.00. The van der Waals surface area contributed by atoms with E-state index in [-0.39, 0.29) is 27.9 Å². The minimum absolute atomic E-state index is 0.0573. The quantitative estimate of drug-likeness (QED) is 0.788. The monoisotopic (exact) mass is 365 g/mol. The second-order valence-corrected chi connectivity index (χ2v) is 6.29. The Morgan fingerprint density at radius 3 is 2.62 bits per heavy atom. The first kappa shape index (κ1) is 18.2. The van der Waals surface area contributed by atoms with Crippen molar-refractivity contribution in [2.24, 2.45) is 5.92 Å². The molecule has 2 rings (SSSR count). The highest BCUT2D eigenvalue weighted by Gasteiger charge is 2.10. The van der Waals surface area contributed by atoms with Gasteiger partial charge in [0.2, 0.25) is 5.91 Å². The minimum Gasteiger partial charge on any atom is -0.348 e. The summed E-state index contributed by atoms with van der Waals surface area (Å²) in [7, 11) is 0. The van der Waals surface area contributed by atoms with Crippen molar-refractivity contribution in [3.05, 3.63) is 57.8 Å². The molecule has 0 saturated heterocycles. The smallest absolute Gasteiger partial charge is 0.253 e. The average molecular weight is 366 g/mol. The highest BCUT2D eigenvalue weighted by Crippen LogP contribution is 2.19. The van der Waals surface area contributed by atoms with E-state index in [1.54, 1.807) is 6.07 Å². The predicted octanol–water partition coefficient (Wildman–Crippen LogP) is 3.91. The Hall–Kier alpha value is -2.11. The van der Waals surface area contributed by atoms with E-state index in [2.05, 4.69) is 15.6 Å². The molecule has 0 atom stereocenters. The average Bonchev–Trinajstić information content (AvgIpc) is 2.55. The van der Waals surface area contributed by atoms with Gasteiger partial charge in [-0.2, -0.15) is 0 Å². The van der Waals surface area contributed by atoms with E-state index in [0.717, 1.165) is 5.56 Å². The van der Waals surface area contributed by atoms with Crippen LogP contribution >= 0.6 is 23.2 Å². The van der Waals surface area contributed by atoms with Crippen LogP contribution < -0.4 is 10.6 Å². The molecule has 1 aromatic heterocycles. The summed E-state index contributed by atoms with van der Waals surface area (Å²) in [6.45, 7) is 3.96. The maximum absolute atomic E-state index is 12.1. The van der Waals surface area contributed by atoms with Gasteiger partial charge in [0.1, 0.15) is 5.15 Å². The standard InChI is InChI=1S/C17H17Cl2N3O2/c1-10(2)16(23)22-13-5-3-4-11(6-13)8-21-17(24)12-7-14(18)15(19)20-9-12/h3-7,9-10H,8H2,1-2H3,(H,21,24)(H,22,23). The number of carbonyl (C=O) groups is 2. The summed E-state index contributed by atoms with van der Waals surface area (Å²) in [5, 5.41) is 5.97. The zero-order chi connectivity index (χ0) is 17.7. The van der Waals surface area contributed by atoms with Gasteiger partial charge in [0.25, 0.3) is 5.91 Å². The van der Waals surface area contributed by atoms with Gasteiger partial charge in [-0.05, 0) is 23.8 Å². The fourth-order valence-corrected chi connectivity index (χ4v) is 2.15. The fourth-order valence-electron chi connectivity index (χ4n) is 1.88. The van der Waals surface area contributed by atoms with E-state index >= 15 is 0 Å². The normalized spacial score (nSPS) is 10.5. The second kappa shape index (κ2) is 8.13. The van der Waals surface area contributed by atoms with E-state index < -0.39 is 0 Å². The van der Waals surface area contributed by atoms with Crippen molar-refractivity contribution in [1.82, 2.24) is 10.3 Å². The molecule has 0 aliphatic rings. The molecule has 1 aromatic carbocycles. The first-order chi connectivity index (χ1) is 11.4. The molecule has 0 spiro atoms. The minimum atomic E-state index is -0.308. The number of halogens is 2. The van der Waals surface area contributed by atoms with Gasteiger partial charge in [0.15, 0.2) is 0 Å². The summed E-state index contributed by atoms with van der Waals surface area (Å²) in [6.07, 6.45) is 1.36. The molecule has 0 saturated carbocycles. The van der Waals surface area contributed by atoms with Gasteiger partial charge in [-0.3, -0.25) is 9.59 Å². The Morgan fingerprint density at radius 1 is 1.21 bits per heavy atom. The Labute approximate surface area is 150 Å². The molecule has 2 aromatic rings. The lowest BCUT2D eigenvalue weighted by molar-refractivity contribution is -0.118. The van der Waals surface area contributed by atoms with Crippen LogP contribution in [0.3, 0.4) is 0 Å². The van der Waals surface area contributed by atoms with Gasteiger partial charge in [-0.25, -0.2) is 4.98 Å². The number of benzene rings is 1. The highest BCUT2D eigenvalue weighted by molar-refractivity contribution is 6.41. The molecule has 0 bridgehead atoms. The number of carbonyl (C=O) groups excluding carboxylic acids is 2. The number of aromatic nitrogens is 1. The summed E-state index contributed by atoms with van der Waals surface area (Å²) in [5.74, 6) is -0.466. The zero-order valence-corrected chi connectivity index (χ0v) is 14.8. The molecule has 2 N–H and O–H groups in total. The van der Waals surface area contributed by atoms with Crippen LogP contribution in [0.2, 0.25) is 10.2 Å². The topological polar surface area (TPSA) is 71.1 Å². The van der Waals surface area contributed by atoms with Crippen LogP contribution in [0.4, 0.5) is 5.69 Å².